The van der Waals surface area contributed by atoms with Crippen molar-refractivity contribution >= 4 is 11.9 Å². The molecule has 0 rings (SSSR count). The Kier molecular flexibility index (Phi) is 7.26. The zero-order valence-corrected chi connectivity index (χ0v) is 13.1. The second kappa shape index (κ2) is 7.88. The number of hydrogen-bond acceptors (Lipinski definition) is 5. The molecule has 0 aromatic rings. The summed E-state index contributed by atoms with van der Waals surface area (Å²) in [5.41, 5.74) is -2.06. The SMILES string of the molecule is CCCC(C)(C#N)OC(=O)C(CC)(CC)CC(=O)OC. The highest BCUT2D eigenvalue weighted by Gasteiger charge is 2.42. The number of nitrogens with zero attached hydrogens (tertiary/aromatic N) is 1. The van der Waals surface area contributed by atoms with Gasteiger partial charge in [0.2, 0.25) is 0 Å². The van der Waals surface area contributed by atoms with Crippen LogP contribution in [0.2, 0.25) is 0 Å². The molecule has 0 fully saturated rings. The highest BCUT2D eigenvalue weighted by molar-refractivity contribution is 5.83. The molecular formula is C15H25NO4. The highest BCUT2D eigenvalue weighted by atomic mass is 16.6. The van der Waals surface area contributed by atoms with Crippen molar-refractivity contribution in [2.24, 2.45) is 5.41 Å². The largest absolute Gasteiger partial charge is 0.469 e. The number of carbonyl (C=O) groups excluding carboxylic acids is 2. The molecule has 0 aliphatic heterocycles. The molecule has 0 saturated carbocycles. The molecule has 5 heteroatoms. The summed E-state index contributed by atoms with van der Waals surface area (Å²) in [6.07, 6.45) is 2.11. The second-order valence-electron chi connectivity index (χ2n) is 5.22. The predicted molar refractivity (Wildman–Crippen MR) is 74.7 cm³/mol. The van der Waals surface area contributed by atoms with Crippen LogP contribution >= 0.6 is 0 Å². The Morgan fingerprint density at radius 3 is 2.10 bits per heavy atom. The Hall–Kier alpha value is -1.57. The van der Waals surface area contributed by atoms with Crippen LogP contribution < -0.4 is 0 Å². The van der Waals surface area contributed by atoms with Crippen LogP contribution in [-0.4, -0.2) is 24.6 Å². The fraction of sp³-hybridized carbons (Fsp3) is 0.800. The molecule has 1 atom stereocenters. The fourth-order valence-corrected chi connectivity index (χ4v) is 2.13. The van der Waals surface area contributed by atoms with E-state index < -0.39 is 23.0 Å². The van der Waals surface area contributed by atoms with Gasteiger partial charge in [-0.3, -0.25) is 9.59 Å². The first-order chi connectivity index (χ1) is 9.32. The van der Waals surface area contributed by atoms with E-state index in [1.165, 1.54) is 7.11 Å². The van der Waals surface area contributed by atoms with Crippen molar-refractivity contribution in [1.82, 2.24) is 0 Å². The van der Waals surface area contributed by atoms with Crippen molar-refractivity contribution in [1.29, 1.82) is 5.26 Å². The minimum Gasteiger partial charge on any atom is -0.469 e. The summed E-state index contributed by atoms with van der Waals surface area (Å²) in [5, 5.41) is 9.19. The maximum Gasteiger partial charge on any atom is 0.314 e. The normalized spacial score (nSPS) is 14.0. The van der Waals surface area contributed by atoms with Crippen LogP contribution in [0.25, 0.3) is 0 Å². The van der Waals surface area contributed by atoms with Crippen LogP contribution in [0.15, 0.2) is 0 Å². The maximum absolute atomic E-state index is 12.4. The Balaban J connectivity index is 5.16. The van der Waals surface area contributed by atoms with E-state index in [-0.39, 0.29) is 6.42 Å². The van der Waals surface area contributed by atoms with E-state index in [0.717, 1.165) is 6.42 Å². The number of hydrogen-bond donors (Lipinski definition) is 0. The smallest absolute Gasteiger partial charge is 0.314 e. The van der Waals surface area contributed by atoms with Crippen molar-refractivity contribution in [2.75, 3.05) is 7.11 Å². The molecule has 1 unspecified atom stereocenters. The summed E-state index contributed by atoms with van der Waals surface area (Å²) in [5.74, 6) is -0.940. The average molecular weight is 283 g/mol. The third-order valence-electron chi connectivity index (χ3n) is 3.78. The molecule has 0 aliphatic rings. The Bertz CT molecular complexity index is 382. The Labute approximate surface area is 121 Å². The van der Waals surface area contributed by atoms with E-state index in [0.29, 0.717) is 19.3 Å². The Morgan fingerprint density at radius 1 is 1.20 bits per heavy atom. The van der Waals surface area contributed by atoms with E-state index in [9.17, 15) is 14.9 Å². The lowest BCUT2D eigenvalue weighted by Gasteiger charge is -2.32. The lowest BCUT2D eigenvalue weighted by molar-refractivity contribution is -0.171. The molecule has 0 radical (unpaired) electrons. The van der Waals surface area contributed by atoms with Gasteiger partial charge in [0.05, 0.1) is 18.9 Å². The van der Waals surface area contributed by atoms with Crippen LogP contribution in [0.3, 0.4) is 0 Å². The van der Waals surface area contributed by atoms with Crippen LogP contribution in [-0.2, 0) is 19.1 Å². The van der Waals surface area contributed by atoms with Crippen molar-refractivity contribution < 1.29 is 19.1 Å². The van der Waals surface area contributed by atoms with Gasteiger partial charge in [-0.2, -0.15) is 5.26 Å². The highest BCUT2D eigenvalue weighted by Crippen LogP contribution is 2.35. The van der Waals surface area contributed by atoms with Crippen LogP contribution in [0.1, 0.15) is 59.8 Å². The molecule has 5 nitrogen and oxygen atoms in total. The number of carbonyl (C=O) groups is 2. The van der Waals surface area contributed by atoms with Gasteiger partial charge in [-0.25, -0.2) is 0 Å². The van der Waals surface area contributed by atoms with Gasteiger partial charge in [-0.1, -0.05) is 27.2 Å². The van der Waals surface area contributed by atoms with Crippen LogP contribution in [0.4, 0.5) is 0 Å². The molecule has 0 aromatic heterocycles. The molecule has 0 spiro atoms. The van der Waals surface area contributed by atoms with Crippen molar-refractivity contribution in [3.05, 3.63) is 0 Å². The maximum atomic E-state index is 12.4. The third kappa shape index (κ3) is 4.52. The molecule has 0 bridgehead atoms. The zero-order chi connectivity index (χ0) is 15.8. The fourth-order valence-electron chi connectivity index (χ4n) is 2.13. The van der Waals surface area contributed by atoms with E-state index in [2.05, 4.69) is 4.74 Å². The number of ether oxygens (including phenoxy) is 2. The van der Waals surface area contributed by atoms with E-state index in [1.54, 1.807) is 6.92 Å². The van der Waals surface area contributed by atoms with Gasteiger partial charge in [0, 0.05) is 6.42 Å². The molecule has 0 N–H and O–H groups in total. The molecule has 0 heterocycles. The quantitative estimate of drug-likeness (QED) is 0.640. The second-order valence-corrected chi connectivity index (χ2v) is 5.22. The van der Waals surface area contributed by atoms with Crippen LogP contribution in [0.5, 0.6) is 0 Å². The van der Waals surface area contributed by atoms with Gasteiger partial charge in [0.15, 0.2) is 5.60 Å². The van der Waals surface area contributed by atoms with E-state index >= 15 is 0 Å². The lowest BCUT2D eigenvalue weighted by atomic mass is 9.79. The van der Waals surface area contributed by atoms with E-state index in [1.807, 2.05) is 26.8 Å². The van der Waals surface area contributed by atoms with Gasteiger partial charge >= 0.3 is 11.9 Å². The van der Waals surface area contributed by atoms with Gasteiger partial charge in [0.25, 0.3) is 0 Å². The van der Waals surface area contributed by atoms with Gasteiger partial charge in [-0.05, 0) is 19.8 Å². The summed E-state index contributed by atoms with van der Waals surface area (Å²) >= 11 is 0. The standard InChI is InChI=1S/C15H25NO4/c1-6-9-14(4,11-16)20-13(18)15(7-2,8-3)10-12(17)19-5/h6-10H2,1-5H3. The topological polar surface area (TPSA) is 76.4 Å². The number of methoxy groups -OCH3 is 1. The first kappa shape index (κ1) is 18.4. The van der Waals surface area contributed by atoms with Gasteiger partial charge in [-0.15, -0.1) is 0 Å². The third-order valence-corrected chi connectivity index (χ3v) is 3.78. The van der Waals surface area contributed by atoms with Crippen molar-refractivity contribution in [2.45, 2.75) is 65.4 Å². The summed E-state index contributed by atoms with van der Waals surface area (Å²) < 4.78 is 10.1. The van der Waals surface area contributed by atoms with Gasteiger partial charge < -0.3 is 9.47 Å². The molecule has 0 saturated heterocycles. The summed E-state index contributed by atoms with van der Waals surface area (Å²) in [6.45, 7) is 7.18. The predicted octanol–water partition coefficient (Wildman–Crippen LogP) is 2.98. The van der Waals surface area contributed by atoms with Gasteiger partial charge in [0.1, 0.15) is 6.07 Å². The average Bonchev–Trinajstić information content (AvgIpc) is 2.44. The summed E-state index contributed by atoms with van der Waals surface area (Å²) in [6, 6.07) is 2.04. The van der Waals surface area contributed by atoms with Crippen molar-refractivity contribution in [3.8, 4) is 6.07 Å². The van der Waals surface area contributed by atoms with Crippen LogP contribution in [0, 0.1) is 16.7 Å². The summed E-state index contributed by atoms with van der Waals surface area (Å²) in [4.78, 5) is 24.0. The number of nitriles is 1. The lowest BCUT2D eigenvalue weighted by Crippen LogP contribution is -2.40. The number of rotatable bonds is 8. The minimum absolute atomic E-state index is 0.0248. The molecule has 20 heavy (non-hydrogen) atoms. The summed E-state index contributed by atoms with van der Waals surface area (Å²) in [7, 11) is 1.29. The molecule has 0 aromatic carbocycles. The Morgan fingerprint density at radius 2 is 1.75 bits per heavy atom. The number of esters is 2. The van der Waals surface area contributed by atoms with E-state index in [4.69, 9.17) is 4.74 Å². The first-order valence-corrected chi connectivity index (χ1v) is 7.04. The first-order valence-electron chi connectivity index (χ1n) is 7.04. The molecule has 0 aliphatic carbocycles. The molecule has 114 valence electrons. The molecular weight excluding hydrogens is 258 g/mol. The minimum atomic E-state index is -1.14. The van der Waals surface area contributed by atoms with Crippen molar-refractivity contribution in [3.63, 3.8) is 0 Å². The molecule has 0 amide bonds. The monoisotopic (exact) mass is 283 g/mol. The zero-order valence-electron chi connectivity index (χ0n) is 13.1.